The quantitative estimate of drug-likeness (QED) is 0.733. The lowest BCUT2D eigenvalue weighted by molar-refractivity contribution is 0.0689. The zero-order valence-electron chi connectivity index (χ0n) is 8.55. The Kier molecular flexibility index (Phi) is 2.44. The fraction of sp³-hybridized carbons (Fsp3) is 0.667. The zero-order valence-corrected chi connectivity index (χ0v) is 8.55. The van der Waals surface area contributed by atoms with Crippen LogP contribution in [0, 0.1) is 6.92 Å². The first kappa shape index (κ1) is 10.1. The lowest BCUT2D eigenvalue weighted by atomic mass is 10.2. The first-order chi connectivity index (χ1) is 7.09. The Balaban J connectivity index is 2.26. The molecule has 1 heterocycles. The highest BCUT2D eigenvalue weighted by molar-refractivity contribution is 5.86. The maximum atomic E-state index is 10.8. The van der Waals surface area contributed by atoms with Gasteiger partial charge in [-0.2, -0.15) is 0 Å². The van der Waals surface area contributed by atoms with Gasteiger partial charge in [0.2, 0.25) is 0 Å². The van der Waals surface area contributed by atoms with Gasteiger partial charge in [-0.25, -0.2) is 9.48 Å². The summed E-state index contributed by atoms with van der Waals surface area (Å²) >= 11 is 0. The summed E-state index contributed by atoms with van der Waals surface area (Å²) in [5.41, 5.74) is 6.45. The fourth-order valence-electron chi connectivity index (χ4n) is 2.10. The molecule has 1 aliphatic rings. The van der Waals surface area contributed by atoms with E-state index in [-0.39, 0.29) is 17.8 Å². The average molecular weight is 210 g/mol. The lowest BCUT2D eigenvalue weighted by Gasteiger charge is -2.10. The van der Waals surface area contributed by atoms with Gasteiger partial charge >= 0.3 is 5.97 Å². The number of aromatic nitrogens is 3. The van der Waals surface area contributed by atoms with Crippen molar-refractivity contribution in [2.75, 3.05) is 0 Å². The summed E-state index contributed by atoms with van der Waals surface area (Å²) in [6.45, 7) is 1.73. The number of carboxylic acids is 1. The molecule has 0 spiro atoms. The topological polar surface area (TPSA) is 94.0 Å². The van der Waals surface area contributed by atoms with Crippen molar-refractivity contribution in [1.82, 2.24) is 15.0 Å². The molecule has 1 fully saturated rings. The van der Waals surface area contributed by atoms with Crippen LogP contribution in [-0.4, -0.2) is 32.1 Å². The van der Waals surface area contributed by atoms with Crippen LogP contribution in [0.2, 0.25) is 0 Å². The molecule has 1 aliphatic carbocycles. The van der Waals surface area contributed by atoms with Crippen molar-refractivity contribution in [3.05, 3.63) is 11.4 Å². The summed E-state index contributed by atoms with van der Waals surface area (Å²) in [4.78, 5) is 10.8. The van der Waals surface area contributed by atoms with Gasteiger partial charge in [0.25, 0.3) is 0 Å². The van der Waals surface area contributed by atoms with Gasteiger partial charge in [0.15, 0.2) is 5.69 Å². The van der Waals surface area contributed by atoms with Gasteiger partial charge in [-0.3, -0.25) is 0 Å². The standard InChI is InChI=1S/C9H14N4O2/c1-5-8(9(14)15)11-12-13(5)7-3-2-6(10)4-7/h6-7H,2-4,10H2,1H3,(H,14,15)/t6-,7+/m0/s1. The number of aromatic carboxylic acids is 1. The second-order valence-electron chi connectivity index (χ2n) is 4.00. The third-order valence-corrected chi connectivity index (χ3v) is 2.92. The van der Waals surface area contributed by atoms with Gasteiger partial charge < -0.3 is 10.8 Å². The van der Waals surface area contributed by atoms with E-state index in [2.05, 4.69) is 10.3 Å². The van der Waals surface area contributed by atoms with E-state index in [1.54, 1.807) is 11.6 Å². The van der Waals surface area contributed by atoms with E-state index in [9.17, 15) is 4.79 Å². The molecule has 0 radical (unpaired) electrons. The summed E-state index contributed by atoms with van der Waals surface area (Å²) in [6, 6.07) is 0.410. The summed E-state index contributed by atoms with van der Waals surface area (Å²) in [5, 5.41) is 16.4. The highest BCUT2D eigenvalue weighted by atomic mass is 16.4. The summed E-state index contributed by atoms with van der Waals surface area (Å²) in [6.07, 6.45) is 2.76. The largest absolute Gasteiger partial charge is 0.476 e. The fourth-order valence-corrected chi connectivity index (χ4v) is 2.10. The summed E-state index contributed by atoms with van der Waals surface area (Å²) in [5.74, 6) is -1.03. The van der Waals surface area contributed by atoms with Gasteiger partial charge in [-0.1, -0.05) is 5.21 Å². The minimum absolute atomic E-state index is 0.0375. The van der Waals surface area contributed by atoms with E-state index in [1.165, 1.54) is 0 Å². The molecule has 82 valence electrons. The molecule has 15 heavy (non-hydrogen) atoms. The van der Waals surface area contributed by atoms with Crippen LogP contribution in [0.5, 0.6) is 0 Å². The Morgan fingerprint density at radius 2 is 2.33 bits per heavy atom. The van der Waals surface area contributed by atoms with E-state index in [0.29, 0.717) is 5.69 Å². The molecule has 0 aliphatic heterocycles. The Bertz CT molecular complexity index is 387. The maximum Gasteiger partial charge on any atom is 0.358 e. The third kappa shape index (κ3) is 1.72. The second-order valence-corrected chi connectivity index (χ2v) is 4.00. The van der Waals surface area contributed by atoms with Crippen LogP contribution in [0.1, 0.15) is 41.5 Å². The molecule has 0 unspecified atom stereocenters. The zero-order chi connectivity index (χ0) is 11.0. The van der Waals surface area contributed by atoms with Crippen LogP contribution in [0.15, 0.2) is 0 Å². The average Bonchev–Trinajstić information content (AvgIpc) is 2.71. The highest BCUT2D eigenvalue weighted by Gasteiger charge is 2.27. The number of carboxylic acid groups (broad SMARTS) is 1. The minimum Gasteiger partial charge on any atom is -0.476 e. The first-order valence-corrected chi connectivity index (χ1v) is 5.00. The van der Waals surface area contributed by atoms with Crippen LogP contribution in [0.3, 0.4) is 0 Å². The maximum absolute atomic E-state index is 10.8. The van der Waals surface area contributed by atoms with Crippen molar-refractivity contribution in [3.8, 4) is 0 Å². The molecular formula is C9H14N4O2. The molecule has 2 atom stereocenters. The Morgan fingerprint density at radius 3 is 2.80 bits per heavy atom. The predicted molar refractivity (Wildman–Crippen MR) is 52.6 cm³/mol. The van der Waals surface area contributed by atoms with Crippen molar-refractivity contribution in [3.63, 3.8) is 0 Å². The SMILES string of the molecule is Cc1c(C(=O)O)nnn1[C@@H]1CC[C@H](N)C1. The number of nitrogens with zero attached hydrogens (tertiary/aromatic N) is 3. The molecule has 6 nitrogen and oxygen atoms in total. The van der Waals surface area contributed by atoms with E-state index in [0.717, 1.165) is 19.3 Å². The molecule has 0 amide bonds. The molecule has 1 aromatic heterocycles. The molecule has 0 bridgehead atoms. The van der Waals surface area contributed by atoms with Crippen molar-refractivity contribution in [2.45, 2.75) is 38.3 Å². The first-order valence-electron chi connectivity index (χ1n) is 5.00. The molecule has 1 aromatic rings. The number of carbonyl (C=O) groups is 1. The van der Waals surface area contributed by atoms with Gasteiger partial charge in [0, 0.05) is 6.04 Å². The van der Waals surface area contributed by atoms with Gasteiger partial charge in [0.1, 0.15) is 0 Å². The molecule has 0 saturated heterocycles. The lowest BCUT2D eigenvalue weighted by Crippen LogP contribution is -2.17. The normalized spacial score (nSPS) is 25.7. The van der Waals surface area contributed by atoms with Gasteiger partial charge in [-0.05, 0) is 26.2 Å². The van der Waals surface area contributed by atoms with Crippen molar-refractivity contribution in [2.24, 2.45) is 5.73 Å². The molecular weight excluding hydrogens is 196 g/mol. The molecule has 0 aromatic carbocycles. The van der Waals surface area contributed by atoms with Gasteiger partial charge in [0.05, 0.1) is 11.7 Å². The Morgan fingerprint density at radius 1 is 1.60 bits per heavy atom. The molecule has 6 heteroatoms. The van der Waals surface area contributed by atoms with Crippen LogP contribution in [-0.2, 0) is 0 Å². The van der Waals surface area contributed by atoms with E-state index in [1.807, 2.05) is 0 Å². The number of nitrogens with two attached hydrogens (primary N) is 1. The van der Waals surface area contributed by atoms with E-state index >= 15 is 0 Å². The van der Waals surface area contributed by atoms with Crippen LogP contribution in [0.4, 0.5) is 0 Å². The van der Waals surface area contributed by atoms with Gasteiger partial charge in [-0.15, -0.1) is 5.10 Å². The molecule has 1 saturated carbocycles. The van der Waals surface area contributed by atoms with Crippen molar-refractivity contribution < 1.29 is 9.90 Å². The smallest absolute Gasteiger partial charge is 0.358 e. The number of hydrogen-bond acceptors (Lipinski definition) is 4. The predicted octanol–water partition coefficient (Wildman–Crippen LogP) is 0.337. The van der Waals surface area contributed by atoms with Crippen LogP contribution >= 0.6 is 0 Å². The number of hydrogen-bond donors (Lipinski definition) is 2. The third-order valence-electron chi connectivity index (χ3n) is 2.92. The second kappa shape index (κ2) is 3.62. The monoisotopic (exact) mass is 210 g/mol. The highest BCUT2D eigenvalue weighted by Crippen LogP contribution is 2.29. The number of rotatable bonds is 2. The molecule has 3 N–H and O–H groups in total. The molecule has 2 rings (SSSR count). The minimum atomic E-state index is -1.03. The van der Waals surface area contributed by atoms with Crippen molar-refractivity contribution >= 4 is 5.97 Å². The van der Waals surface area contributed by atoms with Crippen LogP contribution in [0.25, 0.3) is 0 Å². The van der Waals surface area contributed by atoms with Crippen molar-refractivity contribution in [1.29, 1.82) is 0 Å². The van der Waals surface area contributed by atoms with E-state index in [4.69, 9.17) is 10.8 Å². The Hall–Kier alpha value is -1.43. The van der Waals surface area contributed by atoms with Crippen LogP contribution < -0.4 is 5.73 Å². The summed E-state index contributed by atoms with van der Waals surface area (Å²) < 4.78 is 1.69. The Labute approximate surface area is 87.1 Å². The van der Waals surface area contributed by atoms with E-state index < -0.39 is 5.97 Å². The summed E-state index contributed by atoms with van der Waals surface area (Å²) in [7, 11) is 0.